The van der Waals surface area contributed by atoms with Gasteiger partial charge in [0.05, 0.1) is 17.7 Å². The zero-order valence-corrected chi connectivity index (χ0v) is 17.3. The lowest BCUT2D eigenvalue weighted by molar-refractivity contribution is 0.416. The van der Waals surface area contributed by atoms with Crippen LogP contribution < -0.4 is 14.2 Å². The second-order valence-corrected chi connectivity index (χ2v) is 10.2. The molecular weight excluding hydrogens is 463 g/mol. The first-order valence-corrected chi connectivity index (χ1v) is 11.6. The molecule has 1 aliphatic carbocycles. The number of hydrogen-bond donors (Lipinski definition) is 2. The molecule has 0 aliphatic heterocycles. The van der Waals surface area contributed by atoms with Gasteiger partial charge in [-0.2, -0.15) is 0 Å². The number of anilines is 1. The number of halogens is 2. The quantitative estimate of drug-likeness (QED) is 0.636. The van der Waals surface area contributed by atoms with Crippen LogP contribution in [0.15, 0.2) is 50.7 Å². The molecule has 0 amide bonds. The highest BCUT2D eigenvalue weighted by Gasteiger charge is 2.29. The summed E-state index contributed by atoms with van der Waals surface area (Å²) in [5.41, 5.74) is -0.115. The maximum atomic E-state index is 14.0. The molecule has 2 N–H and O–H groups in total. The number of rotatable bonds is 7. The van der Waals surface area contributed by atoms with Crippen molar-refractivity contribution >= 4 is 41.7 Å². The van der Waals surface area contributed by atoms with E-state index in [4.69, 9.17) is 4.74 Å². The van der Waals surface area contributed by atoms with Gasteiger partial charge in [0.1, 0.15) is 16.5 Å². The minimum atomic E-state index is -4.32. The van der Waals surface area contributed by atoms with Crippen LogP contribution >= 0.6 is 15.9 Å². The standard InChI is InChI=1S/C16H16BrFN2O5S2/c1-25-15-7-5-12(26(21,22)19-11-3-4-11)9-14(15)20-27(23,24)16-8-10(17)2-6-13(16)18/h2,5-9,11,19-20H,3-4H2,1H3. The average Bonchev–Trinajstić information content (AvgIpc) is 3.39. The van der Waals surface area contributed by atoms with Crippen molar-refractivity contribution in [2.75, 3.05) is 11.8 Å². The summed E-state index contributed by atoms with van der Waals surface area (Å²) in [6.07, 6.45) is 1.52. The van der Waals surface area contributed by atoms with Gasteiger partial charge in [0, 0.05) is 10.5 Å². The molecule has 0 heterocycles. The highest BCUT2D eigenvalue weighted by Crippen LogP contribution is 2.31. The Labute approximate surface area is 165 Å². The molecule has 11 heteroatoms. The third-order valence-corrected chi connectivity index (χ3v) is 7.20. The third-order valence-electron chi connectivity index (χ3n) is 3.81. The smallest absolute Gasteiger partial charge is 0.264 e. The van der Waals surface area contributed by atoms with Crippen LogP contribution in [0.25, 0.3) is 0 Å². The molecule has 27 heavy (non-hydrogen) atoms. The molecule has 1 fully saturated rings. The first kappa shape index (κ1) is 20.1. The second-order valence-electron chi connectivity index (χ2n) is 5.94. The van der Waals surface area contributed by atoms with Crippen LogP contribution in [0.4, 0.5) is 10.1 Å². The minimum absolute atomic E-state index is 0.0966. The van der Waals surface area contributed by atoms with Gasteiger partial charge in [0.25, 0.3) is 10.0 Å². The van der Waals surface area contributed by atoms with Gasteiger partial charge in [-0.25, -0.2) is 25.9 Å². The summed E-state index contributed by atoms with van der Waals surface area (Å²) < 4.78 is 74.1. The van der Waals surface area contributed by atoms with E-state index in [1.165, 1.54) is 25.3 Å². The number of benzene rings is 2. The van der Waals surface area contributed by atoms with Crippen molar-refractivity contribution in [3.8, 4) is 5.75 Å². The number of methoxy groups -OCH3 is 1. The lowest BCUT2D eigenvalue weighted by Gasteiger charge is -2.14. The van der Waals surface area contributed by atoms with E-state index in [0.717, 1.165) is 31.0 Å². The van der Waals surface area contributed by atoms with Gasteiger partial charge in [-0.05, 0) is 49.2 Å². The van der Waals surface area contributed by atoms with E-state index >= 15 is 0 Å². The molecule has 0 bridgehead atoms. The highest BCUT2D eigenvalue weighted by molar-refractivity contribution is 9.10. The molecular formula is C16H16BrFN2O5S2. The predicted molar refractivity (Wildman–Crippen MR) is 101 cm³/mol. The molecule has 146 valence electrons. The van der Waals surface area contributed by atoms with Crippen molar-refractivity contribution in [1.29, 1.82) is 0 Å². The van der Waals surface area contributed by atoms with Gasteiger partial charge in [0.15, 0.2) is 0 Å². The van der Waals surface area contributed by atoms with Crippen LogP contribution in [0, 0.1) is 5.82 Å². The molecule has 0 radical (unpaired) electrons. The summed E-state index contributed by atoms with van der Waals surface area (Å²) >= 11 is 3.10. The number of nitrogens with one attached hydrogen (secondary N) is 2. The summed E-state index contributed by atoms with van der Waals surface area (Å²) in [6, 6.07) is 7.16. The predicted octanol–water partition coefficient (Wildman–Crippen LogP) is 2.84. The molecule has 0 saturated heterocycles. The lowest BCUT2D eigenvalue weighted by atomic mass is 10.3. The Kier molecular flexibility index (Phi) is 5.48. The third kappa shape index (κ3) is 4.60. The van der Waals surface area contributed by atoms with Crippen molar-refractivity contribution in [3.05, 3.63) is 46.7 Å². The molecule has 1 aliphatic rings. The molecule has 7 nitrogen and oxygen atoms in total. The fourth-order valence-electron chi connectivity index (χ4n) is 2.31. The van der Waals surface area contributed by atoms with Crippen molar-refractivity contribution in [2.24, 2.45) is 0 Å². The van der Waals surface area contributed by atoms with Crippen LogP contribution in [-0.2, 0) is 20.0 Å². The van der Waals surface area contributed by atoms with Gasteiger partial charge < -0.3 is 4.74 Å². The molecule has 0 spiro atoms. The molecule has 2 aromatic carbocycles. The Morgan fingerprint density at radius 3 is 2.41 bits per heavy atom. The Balaban J connectivity index is 2.00. The maximum absolute atomic E-state index is 14.0. The van der Waals surface area contributed by atoms with E-state index in [2.05, 4.69) is 25.4 Å². The first-order chi connectivity index (χ1) is 12.6. The fourth-order valence-corrected chi connectivity index (χ4v) is 5.31. The van der Waals surface area contributed by atoms with Crippen LogP contribution in [0.2, 0.25) is 0 Å². The zero-order valence-electron chi connectivity index (χ0n) is 14.1. The summed E-state index contributed by atoms with van der Waals surface area (Å²) in [7, 11) is -6.81. The monoisotopic (exact) mass is 478 g/mol. The van der Waals surface area contributed by atoms with E-state index in [1.807, 2.05) is 0 Å². The Morgan fingerprint density at radius 1 is 1.07 bits per heavy atom. The van der Waals surface area contributed by atoms with Crippen molar-refractivity contribution in [3.63, 3.8) is 0 Å². The van der Waals surface area contributed by atoms with E-state index < -0.39 is 30.8 Å². The number of sulfonamides is 2. The Morgan fingerprint density at radius 2 is 1.78 bits per heavy atom. The highest BCUT2D eigenvalue weighted by atomic mass is 79.9. The molecule has 0 atom stereocenters. The second kappa shape index (κ2) is 7.38. The Bertz CT molecular complexity index is 1090. The summed E-state index contributed by atoms with van der Waals surface area (Å²) in [6.45, 7) is 0. The first-order valence-electron chi connectivity index (χ1n) is 7.80. The zero-order chi connectivity index (χ0) is 19.8. The van der Waals surface area contributed by atoms with Gasteiger partial charge in [-0.1, -0.05) is 15.9 Å². The normalized spacial score (nSPS) is 14.8. The largest absolute Gasteiger partial charge is 0.495 e. The van der Waals surface area contributed by atoms with E-state index in [9.17, 15) is 21.2 Å². The molecule has 3 rings (SSSR count). The fraction of sp³-hybridized carbons (Fsp3) is 0.250. The minimum Gasteiger partial charge on any atom is -0.495 e. The van der Waals surface area contributed by atoms with Gasteiger partial charge in [0.2, 0.25) is 10.0 Å². The average molecular weight is 479 g/mol. The maximum Gasteiger partial charge on any atom is 0.264 e. The molecule has 0 unspecified atom stereocenters. The summed E-state index contributed by atoms with van der Waals surface area (Å²) in [5, 5.41) is 0. The van der Waals surface area contributed by atoms with Crippen LogP contribution in [0.5, 0.6) is 5.75 Å². The topological polar surface area (TPSA) is 102 Å². The summed E-state index contributed by atoms with van der Waals surface area (Å²) in [5.74, 6) is -0.844. The van der Waals surface area contributed by atoms with Crippen molar-refractivity contribution in [1.82, 2.24) is 4.72 Å². The molecule has 0 aromatic heterocycles. The summed E-state index contributed by atoms with van der Waals surface area (Å²) in [4.78, 5) is -0.703. The van der Waals surface area contributed by atoms with E-state index in [-0.39, 0.29) is 22.4 Å². The SMILES string of the molecule is COc1ccc(S(=O)(=O)NC2CC2)cc1NS(=O)(=O)c1cc(Br)ccc1F. The van der Waals surface area contributed by atoms with Crippen molar-refractivity contribution in [2.45, 2.75) is 28.7 Å². The van der Waals surface area contributed by atoms with Gasteiger partial charge in [-0.15, -0.1) is 0 Å². The number of hydrogen-bond acceptors (Lipinski definition) is 5. The van der Waals surface area contributed by atoms with Crippen LogP contribution in [0.3, 0.4) is 0 Å². The van der Waals surface area contributed by atoms with Crippen LogP contribution in [0.1, 0.15) is 12.8 Å². The van der Waals surface area contributed by atoms with E-state index in [1.54, 1.807) is 0 Å². The molecule has 1 saturated carbocycles. The van der Waals surface area contributed by atoms with Crippen LogP contribution in [-0.4, -0.2) is 30.0 Å². The van der Waals surface area contributed by atoms with Crippen molar-refractivity contribution < 1.29 is 26.0 Å². The van der Waals surface area contributed by atoms with Gasteiger partial charge in [-0.3, -0.25) is 4.72 Å². The van der Waals surface area contributed by atoms with Gasteiger partial charge >= 0.3 is 0 Å². The lowest BCUT2D eigenvalue weighted by Crippen LogP contribution is -2.26. The van der Waals surface area contributed by atoms with E-state index in [0.29, 0.717) is 4.47 Å². The Hall–Kier alpha value is -1.69. The molecule has 2 aromatic rings. The number of ether oxygens (including phenoxy) is 1.